The second-order valence-electron chi connectivity index (χ2n) is 5.70. The van der Waals surface area contributed by atoms with Gasteiger partial charge in [0.25, 0.3) is 5.91 Å². The molecule has 130 valence electrons. The zero-order valence-electron chi connectivity index (χ0n) is 13.8. The third-order valence-corrected chi connectivity index (χ3v) is 4.87. The molecule has 1 aromatic carbocycles. The zero-order chi connectivity index (χ0) is 18.1. The number of fused-ring (bicyclic) bond motifs is 1. The van der Waals surface area contributed by atoms with Crippen LogP contribution in [0.15, 0.2) is 49.1 Å². The number of benzene rings is 1. The Kier molecular flexibility index (Phi) is 4.05. The number of amides is 1. The van der Waals surface area contributed by atoms with Crippen molar-refractivity contribution in [1.29, 1.82) is 0 Å². The van der Waals surface area contributed by atoms with Crippen LogP contribution in [0.2, 0.25) is 0 Å². The molecule has 0 saturated heterocycles. The smallest absolute Gasteiger partial charge is 0.251 e. The fourth-order valence-corrected chi connectivity index (χ4v) is 3.22. The first-order chi connectivity index (χ1) is 12.6. The molecule has 1 unspecified atom stereocenters. The Bertz CT molecular complexity index is 1070. The van der Waals surface area contributed by atoms with Crippen molar-refractivity contribution in [3.8, 4) is 11.3 Å². The van der Waals surface area contributed by atoms with Gasteiger partial charge in [-0.05, 0) is 19.1 Å². The number of rotatable bonds is 4. The van der Waals surface area contributed by atoms with Crippen molar-refractivity contribution < 1.29 is 4.79 Å². The van der Waals surface area contributed by atoms with Gasteiger partial charge in [0.05, 0.1) is 24.1 Å². The molecule has 3 aromatic heterocycles. The van der Waals surface area contributed by atoms with E-state index in [1.165, 1.54) is 11.3 Å². The first-order valence-corrected chi connectivity index (χ1v) is 8.71. The summed E-state index contributed by atoms with van der Waals surface area (Å²) in [7, 11) is 0. The summed E-state index contributed by atoms with van der Waals surface area (Å²) in [6.07, 6.45) is 7.05. The van der Waals surface area contributed by atoms with E-state index in [1.54, 1.807) is 30.7 Å². The van der Waals surface area contributed by atoms with Crippen LogP contribution in [-0.2, 0) is 0 Å². The number of hydrogen-bond donors (Lipinski definition) is 2. The van der Waals surface area contributed by atoms with E-state index in [2.05, 4.69) is 25.5 Å². The first-order valence-electron chi connectivity index (χ1n) is 7.89. The number of carbonyl (C=O) groups is 1. The van der Waals surface area contributed by atoms with E-state index in [0.29, 0.717) is 15.7 Å². The van der Waals surface area contributed by atoms with E-state index in [-0.39, 0.29) is 11.9 Å². The fourth-order valence-electron chi connectivity index (χ4n) is 2.61. The number of nitrogens with two attached hydrogens (primary N) is 1. The Morgan fingerprint density at radius 1 is 1.23 bits per heavy atom. The monoisotopic (exact) mass is 365 g/mol. The molecule has 0 radical (unpaired) electrons. The maximum Gasteiger partial charge on any atom is 0.251 e. The number of nitrogens with one attached hydrogen (secondary N) is 1. The normalized spacial score (nSPS) is 12.2. The summed E-state index contributed by atoms with van der Waals surface area (Å²) in [4.78, 5) is 20.8. The molecular formula is C17H15N7OS. The van der Waals surface area contributed by atoms with Crippen LogP contribution >= 0.6 is 11.3 Å². The number of hydrogen-bond acceptors (Lipinski definition) is 7. The molecule has 3 N–H and O–H groups in total. The minimum absolute atomic E-state index is 0.180. The fraction of sp³-hybridized carbons (Fsp3) is 0.118. The van der Waals surface area contributed by atoms with Crippen LogP contribution in [0.5, 0.6) is 0 Å². The van der Waals surface area contributed by atoms with Gasteiger partial charge in [-0.1, -0.05) is 23.5 Å². The summed E-state index contributed by atoms with van der Waals surface area (Å²) < 4.78 is 1.95. The van der Waals surface area contributed by atoms with Crippen molar-refractivity contribution in [3.05, 3.63) is 59.6 Å². The lowest BCUT2D eigenvalue weighted by molar-refractivity contribution is 0.0939. The highest BCUT2D eigenvalue weighted by atomic mass is 32.1. The second kappa shape index (κ2) is 6.52. The summed E-state index contributed by atoms with van der Waals surface area (Å²) in [5.74, 6) is -0.180. The predicted octanol–water partition coefficient (Wildman–Crippen LogP) is 2.32. The molecule has 4 rings (SSSR count). The van der Waals surface area contributed by atoms with Crippen LogP contribution in [0.4, 0.5) is 5.13 Å². The summed E-state index contributed by atoms with van der Waals surface area (Å²) in [6.45, 7) is 1.85. The molecule has 0 aliphatic rings. The molecule has 26 heavy (non-hydrogen) atoms. The van der Waals surface area contributed by atoms with Crippen LogP contribution in [-0.4, -0.2) is 30.5 Å². The summed E-state index contributed by atoms with van der Waals surface area (Å²) >= 11 is 1.26. The molecule has 0 fully saturated rings. The molecule has 0 spiro atoms. The number of aromatic nitrogens is 5. The van der Waals surface area contributed by atoms with Gasteiger partial charge < -0.3 is 11.1 Å². The number of carbonyl (C=O) groups excluding carboxylic acids is 1. The molecule has 9 heteroatoms. The summed E-state index contributed by atoms with van der Waals surface area (Å²) in [6, 6.07) is 7.10. The Morgan fingerprint density at radius 2 is 2.04 bits per heavy atom. The van der Waals surface area contributed by atoms with Crippen molar-refractivity contribution in [2.24, 2.45) is 0 Å². The van der Waals surface area contributed by atoms with Crippen LogP contribution < -0.4 is 11.1 Å². The van der Waals surface area contributed by atoms with E-state index < -0.39 is 0 Å². The molecule has 0 saturated carbocycles. The van der Waals surface area contributed by atoms with Crippen LogP contribution in [0.25, 0.3) is 16.9 Å². The molecule has 0 aliphatic heterocycles. The molecule has 3 heterocycles. The topological polar surface area (TPSA) is 111 Å². The summed E-state index contributed by atoms with van der Waals surface area (Å²) in [5, 5.41) is 11.7. The van der Waals surface area contributed by atoms with Crippen LogP contribution in [0, 0.1) is 0 Å². The van der Waals surface area contributed by atoms with Crippen molar-refractivity contribution in [2.75, 3.05) is 5.73 Å². The number of anilines is 1. The quantitative estimate of drug-likeness (QED) is 0.574. The number of nitrogen functional groups attached to an aromatic ring is 1. The van der Waals surface area contributed by atoms with Gasteiger partial charge >= 0.3 is 0 Å². The molecule has 1 atom stereocenters. The lowest BCUT2D eigenvalue weighted by Crippen LogP contribution is -2.26. The van der Waals surface area contributed by atoms with Gasteiger partial charge in [-0.2, -0.15) is 0 Å². The maximum absolute atomic E-state index is 12.4. The Morgan fingerprint density at radius 3 is 2.77 bits per heavy atom. The molecular weight excluding hydrogens is 350 g/mol. The standard InChI is InChI=1S/C17H15N7OS/c1-10(16-22-23-17(18)26-16)21-15(25)12-4-2-11(3-5-12)13-8-20-14-9-19-6-7-24(13)14/h2-10H,1H3,(H2,18,23)(H,21,25). The van der Waals surface area contributed by atoms with Crippen molar-refractivity contribution in [3.63, 3.8) is 0 Å². The lowest BCUT2D eigenvalue weighted by Gasteiger charge is -2.11. The van der Waals surface area contributed by atoms with Crippen molar-refractivity contribution in [1.82, 2.24) is 29.9 Å². The largest absolute Gasteiger partial charge is 0.374 e. The second-order valence-corrected chi connectivity index (χ2v) is 6.74. The minimum atomic E-state index is -0.261. The lowest BCUT2D eigenvalue weighted by atomic mass is 10.1. The van der Waals surface area contributed by atoms with Gasteiger partial charge in [0.15, 0.2) is 5.65 Å². The number of imidazole rings is 1. The van der Waals surface area contributed by atoms with E-state index in [1.807, 2.05) is 29.7 Å². The van der Waals surface area contributed by atoms with Gasteiger partial charge in [0, 0.05) is 23.5 Å². The molecule has 0 bridgehead atoms. The highest BCUT2D eigenvalue weighted by Crippen LogP contribution is 2.22. The molecule has 0 aliphatic carbocycles. The Balaban J connectivity index is 1.53. The van der Waals surface area contributed by atoms with Gasteiger partial charge in [-0.15, -0.1) is 10.2 Å². The van der Waals surface area contributed by atoms with Crippen LogP contribution in [0.1, 0.15) is 28.3 Å². The van der Waals surface area contributed by atoms with Gasteiger partial charge in [0.1, 0.15) is 5.01 Å². The first kappa shape index (κ1) is 16.2. The zero-order valence-corrected chi connectivity index (χ0v) is 14.6. The SMILES string of the molecule is CC(NC(=O)c1ccc(-c2cnc3cnccn23)cc1)c1nnc(N)s1. The average molecular weight is 365 g/mol. The van der Waals surface area contributed by atoms with Crippen molar-refractivity contribution in [2.45, 2.75) is 13.0 Å². The van der Waals surface area contributed by atoms with E-state index in [0.717, 1.165) is 16.9 Å². The molecule has 8 nitrogen and oxygen atoms in total. The van der Waals surface area contributed by atoms with Gasteiger partial charge in [-0.3, -0.25) is 14.2 Å². The Hall–Kier alpha value is -3.33. The highest BCUT2D eigenvalue weighted by molar-refractivity contribution is 7.15. The van der Waals surface area contributed by atoms with E-state index in [4.69, 9.17) is 5.73 Å². The van der Waals surface area contributed by atoms with Gasteiger partial charge in [-0.25, -0.2) is 4.98 Å². The molecule has 4 aromatic rings. The van der Waals surface area contributed by atoms with Crippen LogP contribution in [0.3, 0.4) is 0 Å². The van der Waals surface area contributed by atoms with Gasteiger partial charge in [0.2, 0.25) is 5.13 Å². The predicted molar refractivity (Wildman–Crippen MR) is 98.6 cm³/mol. The average Bonchev–Trinajstić information content (AvgIpc) is 3.28. The summed E-state index contributed by atoms with van der Waals surface area (Å²) in [5.41, 5.74) is 8.82. The van der Waals surface area contributed by atoms with Crippen molar-refractivity contribution >= 4 is 28.0 Å². The highest BCUT2D eigenvalue weighted by Gasteiger charge is 2.15. The third-order valence-electron chi connectivity index (χ3n) is 3.93. The van der Waals surface area contributed by atoms with E-state index in [9.17, 15) is 4.79 Å². The number of nitrogens with zero attached hydrogens (tertiary/aromatic N) is 5. The Labute approximate surface area is 152 Å². The maximum atomic E-state index is 12.4. The third kappa shape index (κ3) is 3.00. The minimum Gasteiger partial charge on any atom is -0.374 e. The van der Waals surface area contributed by atoms with E-state index >= 15 is 0 Å². The molecule has 1 amide bonds.